The summed E-state index contributed by atoms with van der Waals surface area (Å²) in [6, 6.07) is 20.2. The third-order valence-corrected chi connectivity index (χ3v) is 3.79. The van der Waals surface area contributed by atoms with Crippen molar-refractivity contribution in [2.45, 2.75) is 12.1 Å². The molecule has 108 valence electrons. The highest BCUT2D eigenvalue weighted by atomic mass is 16.2. The summed E-state index contributed by atoms with van der Waals surface area (Å²) in [6.07, 6.45) is 0. The molecule has 2 aromatic carbocycles. The monoisotopic (exact) mass is 281 g/mol. The predicted octanol–water partition coefficient (Wildman–Crippen LogP) is 1.71. The van der Waals surface area contributed by atoms with Gasteiger partial charge >= 0.3 is 0 Å². The number of hydrogen-bond acceptors (Lipinski definition) is 3. The maximum atomic E-state index is 12.1. The predicted molar refractivity (Wildman–Crippen MR) is 82.4 cm³/mol. The lowest BCUT2D eigenvalue weighted by molar-refractivity contribution is -0.129. The first-order valence-corrected chi connectivity index (χ1v) is 7.13. The van der Waals surface area contributed by atoms with Crippen LogP contribution >= 0.6 is 0 Å². The minimum Gasteiger partial charge on any atom is -0.294 e. The van der Waals surface area contributed by atoms with Gasteiger partial charge in [-0.1, -0.05) is 60.7 Å². The van der Waals surface area contributed by atoms with E-state index in [1.165, 1.54) is 0 Å². The highest BCUT2D eigenvalue weighted by molar-refractivity contribution is 5.83. The second kappa shape index (κ2) is 6.08. The molecule has 1 heterocycles. The van der Waals surface area contributed by atoms with Crippen molar-refractivity contribution in [2.24, 2.45) is 0 Å². The largest absolute Gasteiger partial charge is 0.294 e. The first-order valence-electron chi connectivity index (χ1n) is 7.13. The first kappa shape index (κ1) is 13.8. The molecule has 1 saturated heterocycles. The lowest BCUT2D eigenvalue weighted by Crippen LogP contribution is -2.40. The number of carbonyl (C=O) groups excluding carboxylic acids is 1. The lowest BCUT2D eigenvalue weighted by Gasteiger charge is -2.22. The van der Waals surface area contributed by atoms with Crippen molar-refractivity contribution in [2.75, 3.05) is 13.6 Å². The zero-order valence-electron chi connectivity index (χ0n) is 12.0. The Hall–Kier alpha value is -2.17. The molecule has 0 bridgehead atoms. The van der Waals surface area contributed by atoms with Gasteiger partial charge in [0.1, 0.15) is 6.04 Å². The van der Waals surface area contributed by atoms with Crippen LogP contribution in [0.3, 0.4) is 0 Å². The Morgan fingerprint density at radius 2 is 1.57 bits per heavy atom. The van der Waals surface area contributed by atoms with Gasteiger partial charge in [-0.15, -0.1) is 0 Å². The minimum absolute atomic E-state index is 0.00894. The van der Waals surface area contributed by atoms with E-state index in [-0.39, 0.29) is 18.0 Å². The van der Waals surface area contributed by atoms with Crippen LogP contribution in [0, 0.1) is 0 Å². The number of nitrogens with zero attached hydrogens (tertiary/aromatic N) is 1. The highest BCUT2D eigenvalue weighted by Crippen LogP contribution is 2.23. The standard InChI is InChI=1S/C17H19N3O/c1-20-17(21)15(12-18-20)19-16(13-8-4-2-5-9-13)14-10-6-3-7-11-14/h2-11,15-16,18-19H,12H2,1H3/t15-/m1/s1. The summed E-state index contributed by atoms with van der Waals surface area (Å²) in [5, 5.41) is 5.02. The molecule has 2 aromatic rings. The van der Waals surface area contributed by atoms with E-state index in [0.717, 1.165) is 11.1 Å². The van der Waals surface area contributed by atoms with E-state index in [9.17, 15) is 4.79 Å². The number of amides is 1. The Morgan fingerprint density at radius 1 is 1.05 bits per heavy atom. The Bertz CT molecular complexity index is 560. The third-order valence-electron chi connectivity index (χ3n) is 3.79. The van der Waals surface area contributed by atoms with Crippen LogP contribution in [0.15, 0.2) is 60.7 Å². The van der Waals surface area contributed by atoms with E-state index in [0.29, 0.717) is 6.54 Å². The minimum atomic E-state index is -0.208. The summed E-state index contributed by atoms with van der Waals surface area (Å²) in [4.78, 5) is 12.1. The van der Waals surface area contributed by atoms with Crippen molar-refractivity contribution in [1.29, 1.82) is 0 Å². The molecule has 3 rings (SSSR count). The molecule has 4 nitrogen and oxygen atoms in total. The highest BCUT2D eigenvalue weighted by Gasteiger charge is 2.31. The summed E-state index contributed by atoms with van der Waals surface area (Å²) in [6.45, 7) is 0.617. The van der Waals surface area contributed by atoms with Gasteiger partial charge in [0.15, 0.2) is 0 Å². The summed E-state index contributed by atoms with van der Waals surface area (Å²) < 4.78 is 0. The van der Waals surface area contributed by atoms with E-state index in [4.69, 9.17) is 0 Å². The van der Waals surface area contributed by atoms with Gasteiger partial charge < -0.3 is 0 Å². The maximum absolute atomic E-state index is 12.1. The van der Waals surface area contributed by atoms with Crippen molar-refractivity contribution in [3.05, 3.63) is 71.8 Å². The number of hydrogen-bond donors (Lipinski definition) is 2. The first-order chi connectivity index (χ1) is 10.3. The normalized spacial score (nSPS) is 18.5. The summed E-state index contributed by atoms with van der Waals surface area (Å²) in [5.41, 5.74) is 5.37. The molecule has 1 aliphatic heterocycles. The van der Waals surface area contributed by atoms with Gasteiger partial charge in [0.2, 0.25) is 0 Å². The van der Waals surface area contributed by atoms with E-state index in [1.807, 2.05) is 36.4 Å². The Balaban J connectivity index is 1.89. The zero-order valence-corrected chi connectivity index (χ0v) is 12.0. The number of rotatable bonds is 4. The number of nitrogens with one attached hydrogen (secondary N) is 2. The van der Waals surface area contributed by atoms with E-state index in [2.05, 4.69) is 35.0 Å². The molecule has 1 aliphatic rings. The Morgan fingerprint density at radius 3 is 2.00 bits per heavy atom. The summed E-state index contributed by atoms with van der Waals surface area (Å²) in [7, 11) is 1.75. The van der Waals surface area contributed by atoms with Crippen LogP contribution < -0.4 is 10.7 Å². The van der Waals surface area contributed by atoms with Crippen molar-refractivity contribution < 1.29 is 4.79 Å². The van der Waals surface area contributed by atoms with Crippen molar-refractivity contribution in [3.63, 3.8) is 0 Å². The van der Waals surface area contributed by atoms with Crippen LogP contribution in [0.5, 0.6) is 0 Å². The summed E-state index contributed by atoms with van der Waals surface area (Å²) in [5.74, 6) is 0.0758. The van der Waals surface area contributed by atoms with Gasteiger partial charge in [0, 0.05) is 13.6 Å². The fraction of sp³-hybridized carbons (Fsp3) is 0.235. The molecule has 1 atom stereocenters. The molecule has 1 amide bonds. The van der Waals surface area contributed by atoms with Gasteiger partial charge in [0.25, 0.3) is 5.91 Å². The fourth-order valence-corrected chi connectivity index (χ4v) is 2.63. The van der Waals surface area contributed by atoms with Gasteiger partial charge in [0.05, 0.1) is 6.04 Å². The molecule has 2 N–H and O–H groups in total. The van der Waals surface area contributed by atoms with Crippen LogP contribution in [-0.4, -0.2) is 30.6 Å². The second-order valence-corrected chi connectivity index (χ2v) is 5.23. The van der Waals surface area contributed by atoms with Gasteiger partial charge in [-0.2, -0.15) is 0 Å². The molecule has 1 fully saturated rings. The van der Waals surface area contributed by atoms with Gasteiger partial charge in [-0.05, 0) is 11.1 Å². The van der Waals surface area contributed by atoms with Gasteiger partial charge in [-0.25, -0.2) is 5.43 Å². The van der Waals surface area contributed by atoms with Crippen LogP contribution in [-0.2, 0) is 4.79 Å². The lowest BCUT2D eigenvalue weighted by atomic mass is 9.98. The third kappa shape index (κ3) is 2.96. The van der Waals surface area contributed by atoms with Gasteiger partial charge in [-0.3, -0.25) is 15.1 Å². The number of carbonyl (C=O) groups is 1. The molecular formula is C17H19N3O. The average Bonchev–Trinajstić information content (AvgIpc) is 2.86. The Labute approximate surface area is 124 Å². The molecule has 4 heteroatoms. The maximum Gasteiger partial charge on any atom is 0.254 e. The molecule has 0 unspecified atom stereocenters. The second-order valence-electron chi connectivity index (χ2n) is 5.23. The molecule has 0 aromatic heterocycles. The molecule has 0 saturated carbocycles. The zero-order chi connectivity index (χ0) is 14.7. The SMILES string of the molecule is CN1NC[C@@H](NC(c2ccccc2)c2ccccc2)C1=O. The summed E-state index contributed by atoms with van der Waals surface area (Å²) >= 11 is 0. The van der Waals surface area contributed by atoms with E-state index >= 15 is 0 Å². The molecule has 0 radical (unpaired) electrons. The molecule has 0 aliphatic carbocycles. The average molecular weight is 281 g/mol. The smallest absolute Gasteiger partial charge is 0.254 e. The van der Waals surface area contributed by atoms with Crippen molar-refractivity contribution >= 4 is 5.91 Å². The van der Waals surface area contributed by atoms with Crippen LogP contribution in [0.2, 0.25) is 0 Å². The van der Waals surface area contributed by atoms with Crippen LogP contribution in [0.25, 0.3) is 0 Å². The molecular weight excluding hydrogens is 262 g/mol. The van der Waals surface area contributed by atoms with Crippen LogP contribution in [0.4, 0.5) is 0 Å². The Kier molecular flexibility index (Phi) is 3.99. The fourth-order valence-electron chi connectivity index (χ4n) is 2.63. The number of likely N-dealkylation sites (N-methyl/N-ethyl adjacent to an activating group) is 1. The van der Waals surface area contributed by atoms with Crippen molar-refractivity contribution in [3.8, 4) is 0 Å². The van der Waals surface area contributed by atoms with Crippen LogP contribution in [0.1, 0.15) is 17.2 Å². The number of benzene rings is 2. The van der Waals surface area contributed by atoms with E-state index < -0.39 is 0 Å². The molecule has 21 heavy (non-hydrogen) atoms. The quantitative estimate of drug-likeness (QED) is 0.897. The van der Waals surface area contributed by atoms with E-state index in [1.54, 1.807) is 12.1 Å². The molecule has 0 spiro atoms. The topological polar surface area (TPSA) is 44.4 Å². The number of hydrazine groups is 1. The van der Waals surface area contributed by atoms with Crippen molar-refractivity contribution in [1.82, 2.24) is 15.8 Å².